The van der Waals surface area contributed by atoms with Crippen molar-refractivity contribution < 1.29 is 0 Å². The van der Waals surface area contributed by atoms with Crippen LogP contribution >= 0.6 is 0 Å². The Morgan fingerprint density at radius 1 is 0.730 bits per heavy atom. The highest BCUT2D eigenvalue weighted by atomic mass is 15.0. The van der Waals surface area contributed by atoms with Crippen LogP contribution < -0.4 is 11.1 Å². The van der Waals surface area contributed by atoms with E-state index >= 15 is 0 Å². The van der Waals surface area contributed by atoms with Crippen LogP contribution in [0.5, 0.6) is 0 Å². The van der Waals surface area contributed by atoms with Gasteiger partial charge in [0, 0.05) is 16.5 Å². The Balaban J connectivity index is 1.41. The van der Waals surface area contributed by atoms with E-state index in [1.165, 1.54) is 38.5 Å². The van der Waals surface area contributed by atoms with E-state index in [2.05, 4.69) is 138 Å². The molecule has 0 fully saturated rings. The number of hydrogen-bond acceptors (Lipinski definition) is 2. The van der Waals surface area contributed by atoms with Crippen LogP contribution in [0.1, 0.15) is 29.7 Å². The first-order valence-electron chi connectivity index (χ1n) is 13.0. The van der Waals surface area contributed by atoms with Crippen LogP contribution in [-0.2, 0) is 12.8 Å². The van der Waals surface area contributed by atoms with E-state index in [0.29, 0.717) is 0 Å². The molecule has 1 unspecified atom stereocenters. The van der Waals surface area contributed by atoms with Crippen molar-refractivity contribution in [3.8, 4) is 5.69 Å². The fourth-order valence-corrected chi connectivity index (χ4v) is 5.46. The second-order valence-electron chi connectivity index (χ2n) is 9.59. The molecule has 3 heteroatoms. The van der Waals surface area contributed by atoms with Gasteiger partial charge in [0.2, 0.25) is 0 Å². The lowest BCUT2D eigenvalue weighted by molar-refractivity contribution is 0.776. The van der Waals surface area contributed by atoms with Gasteiger partial charge in [0.05, 0.1) is 28.5 Å². The van der Waals surface area contributed by atoms with Gasteiger partial charge >= 0.3 is 0 Å². The number of rotatable bonds is 7. The summed E-state index contributed by atoms with van der Waals surface area (Å²) in [5, 5.41) is 6.35. The Morgan fingerprint density at radius 2 is 1.43 bits per heavy atom. The molecule has 182 valence electrons. The van der Waals surface area contributed by atoms with E-state index in [1.54, 1.807) is 0 Å². The summed E-state index contributed by atoms with van der Waals surface area (Å²) in [6.07, 6.45) is 1.87. The van der Waals surface area contributed by atoms with E-state index in [4.69, 9.17) is 5.73 Å². The number of aryl methyl sites for hydroxylation is 1. The summed E-state index contributed by atoms with van der Waals surface area (Å²) in [6.45, 7) is 2.22. The first-order chi connectivity index (χ1) is 18.2. The summed E-state index contributed by atoms with van der Waals surface area (Å²) < 4.78 is 2.34. The average Bonchev–Trinajstić information content (AvgIpc) is 3.29. The van der Waals surface area contributed by atoms with Gasteiger partial charge in [0.1, 0.15) is 0 Å². The predicted octanol–water partition coefficient (Wildman–Crippen LogP) is 8.32. The van der Waals surface area contributed by atoms with Crippen LogP contribution in [-0.4, -0.2) is 4.57 Å². The first kappa shape index (κ1) is 22.9. The molecule has 0 aliphatic heterocycles. The van der Waals surface area contributed by atoms with Crippen molar-refractivity contribution in [1.82, 2.24) is 4.57 Å². The number of hydrogen-bond donors (Lipinski definition) is 2. The number of nitrogens with zero attached hydrogens (tertiary/aromatic N) is 1. The number of nitrogens with one attached hydrogen (secondary N) is 1. The van der Waals surface area contributed by atoms with Crippen molar-refractivity contribution in [2.45, 2.75) is 25.8 Å². The molecule has 3 N–H and O–H groups in total. The molecule has 0 bridgehead atoms. The standard InChI is InChI=1S/C34H31N3/c1-2-25-16-11-19-33-34(25)28-17-9-10-18-32(28)37(33)27-20-21-30(29(35)23-27)36-31(26-14-7-4-8-15-26)22-24-12-5-3-6-13-24/h3-21,23,31,36H,2,22,35H2,1H3. The lowest BCUT2D eigenvalue weighted by Gasteiger charge is -2.22. The minimum Gasteiger partial charge on any atom is -0.397 e. The Morgan fingerprint density at radius 3 is 2.19 bits per heavy atom. The van der Waals surface area contributed by atoms with Crippen molar-refractivity contribution in [2.75, 3.05) is 11.1 Å². The van der Waals surface area contributed by atoms with E-state index in [9.17, 15) is 0 Å². The number of nitrogens with two attached hydrogens (primary N) is 1. The average molecular weight is 482 g/mol. The maximum absolute atomic E-state index is 6.72. The molecule has 5 aromatic carbocycles. The van der Waals surface area contributed by atoms with Crippen LogP contribution in [0.3, 0.4) is 0 Å². The van der Waals surface area contributed by atoms with E-state index in [-0.39, 0.29) is 6.04 Å². The number of para-hydroxylation sites is 1. The van der Waals surface area contributed by atoms with Gasteiger partial charge < -0.3 is 15.6 Å². The lowest BCUT2D eigenvalue weighted by atomic mass is 9.98. The van der Waals surface area contributed by atoms with Crippen molar-refractivity contribution >= 4 is 33.2 Å². The van der Waals surface area contributed by atoms with Crippen LogP contribution in [0.2, 0.25) is 0 Å². The highest BCUT2D eigenvalue weighted by Crippen LogP contribution is 2.36. The summed E-state index contributed by atoms with van der Waals surface area (Å²) in [5.74, 6) is 0. The number of benzene rings is 5. The molecule has 6 rings (SSSR count). The van der Waals surface area contributed by atoms with Crippen LogP contribution in [0, 0.1) is 0 Å². The Kier molecular flexibility index (Phi) is 6.11. The molecule has 0 aliphatic rings. The maximum Gasteiger partial charge on any atom is 0.0580 e. The zero-order valence-corrected chi connectivity index (χ0v) is 21.1. The Labute approximate surface area is 218 Å². The van der Waals surface area contributed by atoms with Gasteiger partial charge in [-0.2, -0.15) is 0 Å². The largest absolute Gasteiger partial charge is 0.397 e. The summed E-state index contributed by atoms with van der Waals surface area (Å²) in [4.78, 5) is 0. The van der Waals surface area contributed by atoms with Gasteiger partial charge in [-0.15, -0.1) is 0 Å². The summed E-state index contributed by atoms with van der Waals surface area (Å²) in [6, 6.07) is 42.9. The summed E-state index contributed by atoms with van der Waals surface area (Å²) in [5.41, 5.74) is 15.8. The molecule has 0 amide bonds. The molecule has 1 heterocycles. The Bertz CT molecular complexity index is 1670. The molecule has 0 spiro atoms. The van der Waals surface area contributed by atoms with Gasteiger partial charge in [-0.25, -0.2) is 0 Å². The van der Waals surface area contributed by atoms with Crippen molar-refractivity contribution in [3.05, 3.63) is 138 Å². The number of nitrogen functional groups attached to an aromatic ring is 1. The summed E-state index contributed by atoms with van der Waals surface area (Å²) >= 11 is 0. The van der Waals surface area contributed by atoms with Crippen molar-refractivity contribution in [1.29, 1.82) is 0 Å². The molecule has 1 aromatic heterocycles. The fraction of sp³-hybridized carbons (Fsp3) is 0.118. The molecular weight excluding hydrogens is 450 g/mol. The topological polar surface area (TPSA) is 43.0 Å². The minimum absolute atomic E-state index is 0.108. The number of fused-ring (bicyclic) bond motifs is 3. The third-order valence-electron chi connectivity index (χ3n) is 7.27. The van der Waals surface area contributed by atoms with E-state index < -0.39 is 0 Å². The highest BCUT2D eigenvalue weighted by Gasteiger charge is 2.17. The van der Waals surface area contributed by atoms with Crippen LogP contribution in [0.25, 0.3) is 27.5 Å². The predicted molar refractivity (Wildman–Crippen MR) is 158 cm³/mol. The van der Waals surface area contributed by atoms with Gasteiger partial charge in [-0.3, -0.25) is 0 Å². The van der Waals surface area contributed by atoms with Gasteiger partial charge in [-0.05, 0) is 59.9 Å². The second kappa shape index (κ2) is 9.87. The molecular formula is C34H31N3. The second-order valence-corrected chi connectivity index (χ2v) is 9.59. The normalized spacial score (nSPS) is 12.1. The zero-order valence-electron chi connectivity index (χ0n) is 21.1. The molecule has 0 saturated carbocycles. The summed E-state index contributed by atoms with van der Waals surface area (Å²) in [7, 11) is 0. The van der Waals surface area contributed by atoms with E-state index in [1.807, 2.05) is 0 Å². The zero-order chi connectivity index (χ0) is 25.2. The van der Waals surface area contributed by atoms with Gasteiger partial charge in [-0.1, -0.05) is 97.9 Å². The molecule has 6 aromatic rings. The highest BCUT2D eigenvalue weighted by molar-refractivity contribution is 6.11. The molecule has 0 saturated heterocycles. The molecule has 37 heavy (non-hydrogen) atoms. The molecule has 3 nitrogen and oxygen atoms in total. The smallest absolute Gasteiger partial charge is 0.0580 e. The Hall–Kier alpha value is -4.50. The third-order valence-corrected chi connectivity index (χ3v) is 7.27. The third kappa shape index (κ3) is 4.34. The van der Waals surface area contributed by atoms with Crippen molar-refractivity contribution in [3.63, 3.8) is 0 Å². The lowest BCUT2D eigenvalue weighted by Crippen LogP contribution is -2.15. The molecule has 1 atom stereocenters. The molecule has 0 radical (unpaired) electrons. The van der Waals surface area contributed by atoms with Crippen LogP contribution in [0.4, 0.5) is 11.4 Å². The maximum atomic E-state index is 6.72. The van der Waals surface area contributed by atoms with Gasteiger partial charge in [0.25, 0.3) is 0 Å². The molecule has 0 aliphatic carbocycles. The van der Waals surface area contributed by atoms with Gasteiger partial charge in [0.15, 0.2) is 0 Å². The number of aromatic nitrogens is 1. The minimum atomic E-state index is 0.108. The number of anilines is 2. The quantitative estimate of drug-likeness (QED) is 0.225. The van der Waals surface area contributed by atoms with Crippen molar-refractivity contribution in [2.24, 2.45) is 0 Å². The van der Waals surface area contributed by atoms with Crippen LogP contribution in [0.15, 0.2) is 121 Å². The first-order valence-corrected chi connectivity index (χ1v) is 13.0. The fourth-order valence-electron chi connectivity index (χ4n) is 5.46. The van der Waals surface area contributed by atoms with E-state index in [0.717, 1.165) is 29.9 Å². The SMILES string of the molecule is CCc1cccc2c1c1ccccc1n2-c1ccc(NC(Cc2ccccc2)c2ccccc2)c(N)c1. The monoisotopic (exact) mass is 481 g/mol.